The van der Waals surface area contributed by atoms with Crippen molar-refractivity contribution >= 4 is 17.7 Å². The van der Waals surface area contributed by atoms with E-state index in [4.69, 9.17) is 21.1 Å². The monoisotopic (exact) mass is 426 g/mol. The van der Waals surface area contributed by atoms with Crippen LogP contribution in [0.1, 0.15) is 51.7 Å². The van der Waals surface area contributed by atoms with Crippen LogP contribution in [-0.2, 0) is 4.74 Å². The van der Waals surface area contributed by atoms with Crippen LogP contribution in [0.2, 0.25) is 0 Å². The molecule has 0 saturated carbocycles. The summed E-state index contributed by atoms with van der Waals surface area (Å²) in [6.45, 7) is 10.0. The van der Waals surface area contributed by atoms with Crippen molar-refractivity contribution in [3.05, 3.63) is 29.8 Å². The number of hydrogen-bond acceptors (Lipinski definition) is 5. The van der Waals surface area contributed by atoms with E-state index in [0.717, 1.165) is 50.2 Å². The summed E-state index contributed by atoms with van der Waals surface area (Å²) in [4.78, 5) is 16.2. The lowest BCUT2D eigenvalue weighted by molar-refractivity contribution is 0.0137. The molecular formula is C22H35ClN2O4. The molecule has 1 atom stereocenters. The third-order valence-corrected chi connectivity index (χ3v) is 5.09. The van der Waals surface area contributed by atoms with Gasteiger partial charge < -0.3 is 19.5 Å². The molecule has 2 rings (SSSR count). The Kier molecular flexibility index (Phi) is 9.53. The average Bonchev–Trinajstić information content (AvgIpc) is 2.68. The molecule has 1 heterocycles. The van der Waals surface area contributed by atoms with Crippen LogP contribution in [0, 0.1) is 0 Å². The molecule has 7 heteroatoms. The maximum Gasteiger partial charge on any atom is 0.410 e. The van der Waals surface area contributed by atoms with Gasteiger partial charge in [-0.2, -0.15) is 0 Å². The number of benzene rings is 1. The molecule has 1 aliphatic rings. The summed E-state index contributed by atoms with van der Waals surface area (Å²) in [5, 5.41) is 10.2. The van der Waals surface area contributed by atoms with Gasteiger partial charge in [-0.15, -0.1) is 11.6 Å². The molecular weight excluding hydrogens is 392 g/mol. The first kappa shape index (κ1) is 23.8. The number of hydrogen-bond donors (Lipinski definition) is 1. The highest BCUT2D eigenvalue weighted by atomic mass is 35.5. The molecule has 1 aromatic carbocycles. The highest BCUT2D eigenvalue weighted by Gasteiger charge is 2.25. The van der Waals surface area contributed by atoms with Crippen LogP contribution in [0.4, 0.5) is 4.79 Å². The van der Waals surface area contributed by atoms with Gasteiger partial charge >= 0.3 is 6.09 Å². The van der Waals surface area contributed by atoms with E-state index in [9.17, 15) is 9.90 Å². The number of carbonyl (C=O) groups excluding carboxylic acids is 1. The molecule has 1 fully saturated rings. The Hall–Kier alpha value is -1.50. The van der Waals surface area contributed by atoms with E-state index >= 15 is 0 Å². The normalized spacial score (nSPS) is 16.5. The summed E-state index contributed by atoms with van der Waals surface area (Å²) in [7, 11) is 0. The molecule has 0 bridgehead atoms. The van der Waals surface area contributed by atoms with Gasteiger partial charge in [0.2, 0.25) is 0 Å². The smallest absolute Gasteiger partial charge is 0.410 e. The lowest BCUT2D eigenvalue weighted by Gasteiger charge is -2.35. The molecule has 1 unspecified atom stereocenters. The Balaban J connectivity index is 1.66. The molecule has 0 aliphatic carbocycles. The van der Waals surface area contributed by atoms with Gasteiger partial charge in [-0.05, 0) is 57.7 Å². The zero-order chi connectivity index (χ0) is 21.3. The number of piperazine rings is 1. The summed E-state index contributed by atoms with van der Waals surface area (Å²) >= 11 is 5.68. The van der Waals surface area contributed by atoms with E-state index in [0.29, 0.717) is 25.6 Å². The molecule has 1 saturated heterocycles. The Morgan fingerprint density at radius 3 is 2.38 bits per heavy atom. The summed E-state index contributed by atoms with van der Waals surface area (Å²) in [5.74, 6) is 1.43. The first-order chi connectivity index (χ1) is 13.8. The number of carbonyl (C=O) groups is 1. The van der Waals surface area contributed by atoms with Crippen molar-refractivity contribution in [3.63, 3.8) is 0 Å². The van der Waals surface area contributed by atoms with Crippen molar-refractivity contribution in [3.8, 4) is 5.75 Å². The molecule has 1 aliphatic heterocycles. The molecule has 1 N–H and O–H groups in total. The number of nitrogens with zero attached hydrogens (tertiary/aromatic N) is 2. The van der Waals surface area contributed by atoms with Gasteiger partial charge in [-0.25, -0.2) is 4.79 Å². The highest BCUT2D eigenvalue weighted by molar-refractivity contribution is 6.17. The average molecular weight is 427 g/mol. The highest BCUT2D eigenvalue weighted by Crippen LogP contribution is 2.22. The molecule has 29 heavy (non-hydrogen) atoms. The van der Waals surface area contributed by atoms with Crippen LogP contribution in [0.25, 0.3) is 0 Å². The van der Waals surface area contributed by atoms with Crippen molar-refractivity contribution in [1.82, 2.24) is 9.80 Å². The van der Waals surface area contributed by atoms with Crippen LogP contribution in [-0.4, -0.2) is 71.8 Å². The maximum atomic E-state index is 12.1. The van der Waals surface area contributed by atoms with Crippen LogP contribution in [0.3, 0.4) is 0 Å². The summed E-state index contributed by atoms with van der Waals surface area (Å²) in [6, 6.07) is 7.64. The van der Waals surface area contributed by atoms with Crippen molar-refractivity contribution in [2.24, 2.45) is 0 Å². The van der Waals surface area contributed by atoms with Gasteiger partial charge in [0.15, 0.2) is 0 Å². The summed E-state index contributed by atoms with van der Waals surface area (Å²) in [6.07, 6.45) is 1.88. The molecule has 0 radical (unpaired) electrons. The minimum absolute atomic E-state index is 0.238. The Bertz CT molecular complexity index is 610. The van der Waals surface area contributed by atoms with Gasteiger partial charge in [0, 0.05) is 38.6 Å². The third kappa shape index (κ3) is 8.81. The number of halogens is 1. The van der Waals surface area contributed by atoms with Crippen LogP contribution < -0.4 is 4.74 Å². The first-order valence-corrected chi connectivity index (χ1v) is 11.0. The number of unbranched alkanes of at least 4 members (excludes halogenated alkanes) is 1. The van der Waals surface area contributed by atoms with Crippen LogP contribution in [0.5, 0.6) is 5.75 Å². The number of alkyl halides is 1. The number of rotatable bonds is 9. The molecule has 164 valence electrons. The molecule has 1 amide bonds. The number of aliphatic hydroxyl groups excluding tert-OH is 1. The van der Waals surface area contributed by atoms with Gasteiger partial charge in [0.25, 0.3) is 0 Å². The number of aliphatic hydroxyl groups is 1. The number of amides is 1. The van der Waals surface area contributed by atoms with E-state index in [-0.39, 0.29) is 6.09 Å². The molecule has 6 nitrogen and oxygen atoms in total. The predicted octanol–water partition coefficient (Wildman–Crippen LogP) is 4.06. The lowest BCUT2D eigenvalue weighted by atomic mass is 10.0. The fourth-order valence-corrected chi connectivity index (χ4v) is 3.35. The van der Waals surface area contributed by atoms with E-state index in [1.54, 1.807) is 4.90 Å². The fraction of sp³-hybridized carbons (Fsp3) is 0.682. The zero-order valence-corrected chi connectivity index (χ0v) is 18.7. The maximum absolute atomic E-state index is 12.1. The van der Waals surface area contributed by atoms with E-state index in [1.165, 1.54) is 0 Å². The molecule has 0 spiro atoms. The van der Waals surface area contributed by atoms with Gasteiger partial charge in [-0.3, -0.25) is 4.90 Å². The van der Waals surface area contributed by atoms with E-state index in [2.05, 4.69) is 4.90 Å². The van der Waals surface area contributed by atoms with Crippen LogP contribution >= 0.6 is 11.6 Å². The Morgan fingerprint density at radius 1 is 1.14 bits per heavy atom. The fourth-order valence-electron chi connectivity index (χ4n) is 3.16. The van der Waals surface area contributed by atoms with E-state index in [1.807, 2.05) is 45.0 Å². The second-order valence-corrected chi connectivity index (χ2v) is 8.81. The standard InChI is InChI=1S/C22H35ClN2O4/c1-22(2,3)29-21(27)25-14-12-24(13-15-25)16-17-28-19-9-7-18(8-10-19)20(26)6-4-5-11-23/h7-10,20,26H,4-6,11-17H2,1-3H3. The minimum atomic E-state index is -0.460. The quantitative estimate of drug-likeness (QED) is 0.476. The second kappa shape index (κ2) is 11.6. The topological polar surface area (TPSA) is 62.2 Å². The van der Waals surface area contributed by atoms with Gasteiger partial charge in [0.05, 0.1) is 6.10 Å². The summed E-state index contributed by atoms with van der Waals surface area (Å²) in [5.41, 5.74) is 0.447. The Labute approximate surface area is 179 Å². The minimum Gasteiger partial charge on any atom is -0.492 e. The Morgan fingerprint density at radius 2 is 1.79 bits per heavy atom. The van der Waals surface area contributed by atoms with Crippen molar-refractivity contribution in [2.45, 2.75) is 51.7 Å². The lowest BCUT2D eigenvalue weighted by Crippen LogP contribution is -2.50. The van der Waals surface area contributed by atoms with Crippen molar-refractivity contribution in [1.29, 1.82) is 0 Å². The first-order valence-electron chi connectivity index (χ1n) is 10.5. The SMILES string of the molecule is CC(C)(C)OC(=O)N1CCN(CCOc2ccc(C(O)CCCCCl)cc2)CC1. The molecule has 1 aromatic rings. The van der Waals surface area contributed by atoms with Crippen LogP contribution in [0.15, 0.2) is 24.3 Å². The van der Waals surface area contributed by atoms with Gasteiger partial charge in [-0.1, -0.05) is 12.1 Å². The molecule has 0 aromatic heterocycles. The second-order valence-electron chi connectivity index (χ2n) is 8.43. The third-order valence-electron chi connectivity index (χ3n) is 4.83. The largest absolute Gasteiger partial charge is 0.492 e. The van der Waals surface area contributed by atoms with Gasteiger partial charge in [0.1, 0.15) is 18.0 Å². The van der Waals surface area contributed by atoms with E-state index < -0.39 is 11.7 Å². The summed E-state index contributed by atoms with van der Waals surface area (Å²) < 4.78 is 11.3. The predicted molar refractivity (Wildman–Crippen MR) is 116 cm³/mol. The zero-order valence-electron chi connectivity index (χ0n) is 17.9. The number of ether oxygens (including phenoxy) is 2. The van der Waals surface area contributed by atoms with Crippen molar-refractivity contribution < 1.29 is 19.4 Å². The van der Waals surface area contributed by atoms with Crippen molar-refractivity contribution in [2.75, 3.05) is 45.2 Å².